The summed E-state index contributed by atoms with van der Waals surface area (Å²) in [5, 5.41) is 3.39. The quantitative estimate of drug-likeness (QED) is 0.912. The summed E-state index contributed by atoms with van der Waals surface area (Å²) in [5.74, 6) is 1.05. The van der Waals surface area contributed by atoms with Gasteiger partial charge in [0.1, 0.15) is 0 Å². The molecular weight excluding hydrogens is 286 g/mol. The van der Waals surface area contributed by atoms with E-state index in [4.69, 9.17) is 11.6 Å². The number of aryl methyl sites for hydroxylation is 2. The Kier molecular flexibility index (Phi) is 4.96. The zero-order chi connectivity index (χ0) is 15.4. The third-order valence-corrected chi connectivity index (χ3v) is 3.29. The van der Waals surface area contributed by atoms with Gasteiger partial charge in [0.15, 0.2) is 0 Å². The molecule has 1 aromatic heterocycles. The Hall–Kier alpha value is -1.88. The molecule has 2 aromatic rings. The maximum atomic E-state index is 6.01. The zero-order valence-corrected chi connectivity index (χ0v) is 13.6. The van der Waals surface area contributed by atoms with Crippen LogP contribution in [-0.2, 0) is 0 Å². The molecule has 112 valence electrons. The van der Waals surface area contributed by atoms with Crippen molar-refractivity contribution < 1.29 is 0 Å². The van der Waals surface area contributed by atoms with Gasteiger partial charge >= 0.3 is 0 Å². The van der Waals surface area contributed by atoms with Crippen molar-refractivity contribution in [3.8, 4) is 0 Å². The van der Waals surface area contributed by atoms with Crippen molar-refractivity contribution in [2.75, 3.05) is 23.3 Å². The Bertz CT molecular complexity index is 605. The maximum Gasteiger partial charge on any atom is 0.233 e. The van der Waals surface area contributed by atoms with Crippen LogP contribution in [-0.4, -0.2) is 28.0 Å². The van der Waals surface area contributed by atoms with Gasteiger partial charge in [0.05, 0.1) is 0 Å². The van der Waals surface area contributed by atoms with E-state index in [9.17, 15) is 0 Å². The second-order valence-electron chi connectivity index (χ2n) is 4.90. The molecule has 21 heavy (non-hydrogen) atoms. The van der Waals surface area contributed by atoms with E-state index in [0.29, 0.717) is 11.9 Å². The summed E-state index contributed by atoms with van der Waals surface area (Å²) in [7, 11) is 0. The molecule has 2 rings (SSSR count). The largest absolute Gasteiger partial charge is 0.341 e. The summed E-state index contributed by atoms with van der Waals surface area (Å²) in [5.41, 5.74) is 3.31. The van der Waals surface area contributed by atoms with Crippen molar-refractivity contribution >= 4 is 29.2 Å². The van der Waals surface area contributed by atoms with Gasteiger partial charge in [-0.3, -0.25) is 0 Å². The molecule has 0 amide bonds. The molecule has 0 saturated heterocycles. The second kappa shape index (κ2) is 6.72. The number of halogens is 1. The minimum Gasteiger partial charge on any atom is -0.341 e. The third kappa shape index (κ3) is 4.04. The highest BCUT2D eigenvalue weighted by Crippen LogP contribution is 2.20. The average Bonchev–Trinajstić information content (AvgIpc) is 2.38. The minimum absolute atomic E-state index is 0.193. The van der Waals surface area contributed by atoms with Crippen molar-refractivity contribution in [2.24, 2.45) is 0 Å². The molecule has 0 aliphatic carbocycles. The second-order valence-corrected chi connectivity index (χ2v) is 5.24. The molecule has 6 heteroatoms. The molecule has 1 heterocycles. The third-order valence-electron chi connectivity index (χ3n) is 3.12. The number of anilines is 3. The van der Waals surface area contributed by atoms with Crippen LogP contribution < -0.4 is 10.2 Å². The van der Waals surface area contributed by atoms with E-state index >= 15 is 0 Å². The molecule has 1 aromatic carbocycles. The predicted molar refractivity (Wildman–Crippen MR) is 87.6 cm³/mol. The van der Waals surface area contributed by atoms with Gasteiger partial charge in [0, 0.05) is 18.8 Å². The zero-order valence-electron chi connectivity index (χ0n) is 12.8. The minimum atomic E-state index is 0.193. The smallest absolute Gasteiger partial charge is 0.233 e. The molecule has 0 atom stereocenters. The Morgan fingerprint density at radius 3 is 2.19 bits per heavy atom. The first-order chi connectivity index (χ1) is 10.0. The van der Waals surface area contributed by atoms with Crippen molar-refractivity contribution in [1.29, 1.82) is 0 Å². The highest BCUT2D eigenvalue weighted by molar-refractivity contribution is 6.28. The van der Waals surface area contributed by atoms with Gasteiger partial charge in [-0.25, -0.2) is 0 Å². The molecule has 5 nitrogen and oxygen atoms in total. The number of nitrogens with zero attached hydrogens (tertiary/aromatic N) is 4. The topological polar surface area (TPSA) is 53.9 Å². The van der Waals surface area contributed by atoms with E-state index in [1.807, 2.05) is 17.0 Å². The molecule has 1 N–H and O–H groups in total. The number of hydrogen-bond donors (Lipinski definition) is 1. The van der Waals surface area contributed by atoms with Crippen molar-refractivity contribution in [1.82, 2.24) is 15.0 Å². The highest BCUT2D eigenvalue weighted by atomic mass is 35.5. The lowest BCUT2D eigenvalue weighted by Crippen LogP contribution is -2.24. The lowest BCUT2D eigenvalue weighted by atomic mass is 10.1. The Morgan fingerprint density at radius 2 is 1.62 bits per heavy atom. The van der Waals surface area contributed by atoms with Crippen LogP contribution in [0.25, 0.3) is 0 Å². The van der Waals surface area contributed by atoms with Gasteiger partial charge in [-0.1, -0.05) is 6.07 Å². The number of aromatic nitrogens is 3. The van der Waals surface area contributed by atoms with Crippen LogP contribution in [0.1, 0.15) is 25.0 Å². The van der Waals surface area contributed by atoms with Crippen molar-refractivity contribution in [3.05, 3.63) is 34.6 Å². The summed E-state index contributed by atoms with van der Waals surface area (Å²) in [6, 6.07) is 6.20. The molecule has 0 spiro atoms. The van der Waals surface area contributed by atoms with Crippen LogP contribution in [0.5, 0.6) is 0 Å². The molecule has 0 radical (unpaired) electrons. The van der Waals surface area contributed by atoms with Gasteiger partial charge < -0.3 is 10.2 Å². The molecule has 0 unspecified atom stereocenters. The Labute approximate surface area is 130 Å². The first-order valence-electron chi connectivity index (χ1n) is 7.03. The fourth-order valence-electron chi connectivity index (χ4n) is 2.22. The monoisotopic (exact) mass is 305 g/mol. The van der Waals surface area contributed by atoms with Crippen molar-refractivity contribution in [3.63, 3.8) is 0 Å². The van der Waals surface area contributed by atoms with E-state index in [-0.39, 0.29) is 5.28 Å². The normalized spacial score (nSPS) is 10.5. The van der Waals surface area contributed by atoms with Crippen molar-refractivity contribution in [2.45, 2.75) is 27.7 Å². The Balaban J connectivity index is 2.31. The van der Waals surface area contributed by atoms with Gasteiger partial charge in [-0.15, -0.1) is 0 Å². The number of benzene rings is 1. The number of hydrogen-bond acceptors (Lipinski definition) is 5. The van der Waals surface area contributed by atoms with Crippen LogP contribution in [0.3, 0.4) is 0 Å². The van der Waals surface area contributed by atoms with Crippen LogP contribution in [0.4, 0.5) is 17.6 Å². The van der Waals surface area contributed by atoms with Gasteiger partial charge in [0.2, 0.25) is 17.2 Å². The Morgan fingerprint density at radius 1 is 1.00 bits per heavy atom. The molecular formula is C15H20ClN5. The van der Waals surface area contributed by atoms with E-state index in [2.05, 4.69) is 54.0 Å². The highest BCUT2D eigenvalue weighted by Gasteiger charge is 2.10. The average molecular weight is 306 g/mol. The van der Waals surface area contributed by atoms with E-state index in [1.54, 1.807) is 0 Å². The maximum absolute atomic E-state index is 6.01. The standard InChI is InChI=1S/C15H20ClN5/c1-5-21(6-2)15-19-13(16)18-14(20-15)17-12-8-10(3)7-11(4)9-12/h7-9H,5-6H2,1-4H3,(H,17,18,19,20). The van der Waals surface area contributed by atoms with E-state index in [1.165, 1.54) is 11.1 Å². The number of rotatable bonds is 5. The van der Waals surface area contributed by atoms with Crippen LogP contribution in [0.2, 0.25) is 5.28 Å². The summed E-state index contributed by atoms with van der Waals surface area (Å²) in [4.78, 5) is 14.8. The van der Waals surface area contributed by atoms with Gasteiger partial charge in [-0.2, -0.15) is 15.0 Å². The van der Waals surface area contributed by atoms with Gasteiger partial charge in [-0.05, 0) is 62.6 Å². The lowest BCUT2D eigenvalue weighted by Gasteiger charge is -2.19. The first kappa shape index (κ1) is 15.5. The van der Waals surface area contributed by atoms with E-state index < -0.39 is 0 Å². The van der Waals surface area contributed by atoms with Crippen LogP contribution in [0, 0.1) is 13.8 Å². The molecule has 0 aliphatic rings. The van der Waals surface area contributed by atoms with Crippen LogP contribution >= 0.6 is 11.6 Å². The molecule has 0 bridgehead atoms. The summed E-state index contributed by atoms with van der Waals surface area (Å²) < 4.78 is 0. The summed E-state index contributed by atoms with van der Waals surface area (Å²) in [6.45, 7) is 9.86. The van der Waals surface area contributed by atoms with Gasteiger partial charge in [0.25, 0.3) is 0 Å². The summed E-state index contributed by atoms with van der Waals surface area (Å²) in [6.07, 6.45) is 0. The van der Waals surface area contributed by atoms with Crippen LogP contribution in [0.15, 0.2) is 18.2 Å². The molecule has 0 fully saturated rings. The summed E-state index contributed by atoms with van der Waals surface area (Å²) >= 11 is 6.01. The molecule has 0 saturated carbocycles. The van der Waals surface area contributed by atoms with E-state index in [0.717, 1.165) is 18.8 Å². The number of nitrogens with one attached hydrogen (secondary N) is 1. The SMILES string of the molecule is CCN(CC)c1nc(Cl)nc(Nc2cc(C)cc(C)c2)n1. The molecule has 0 aliphatic heterocycles. The fourth-order valence-corrected chi connectivity index (χ4v) is 2.37. The predicted octanol–water partition coefficient (Wildman–Crippen LogP) is 3.73. The fraction of sp³-hybridized carbons (Fsp3) is 0.400. The lowest BCUT2D eigenvalue weighted by molar-refractivity contribution is 0.814. The first-order valence-corrected chi connectivity index (χ1v) is 7.41.